The summed E-state index contributed by atoms with van der Waals surface area (Å²) in [5, 5.41) is 0. The molecule has 2 nitrogen and oxygen atoms in total. The van der Waals surface area contributed by atoms with Crippen LogP contribution >= 0.6 is 22.6 Å². The van der Waals surface area contributed by atoms with Gasteiger partial charge in [-0.15, -0.1) is 0 Å². The Labute approximate surface area is 104 Å². The smallest absolute Gasteiger partial charge is 0.303 e. The molecule has 0 heterocycles. The van der Waals surface area contributed by atoms with Gasteiger partial charge in [0.05, 0.1) is 3.92 Å². The van der Waals surface area contributed by atoms with Crippen LogP contribution in [0.3, 0.4) is 0 Å². The number of hydrogen-bond acceptors (Lipinski definition) is 2. The van der Waals surface area contributed by atoms with Gasteiger partial charge < -0.3 is 4.74 Å². The number of esters is 1. The molecule has 0 N–H and O–H groups in total. The van der Waals surface area contributed by atoms with Crippen molar-refractivity contribution in [3.8, 4) is 0 Å². The minimum Gasteiger partial charge on any atom is -0.458 e. The fraction of sp³-hybridized carbons (Fsp3) is 0.917. The number of ether oxygens (including phenoxy) is 1. The van der Waals surface area contributed by atoms with Gasteiger partial charge in [0.15, 0.2) is 0 Å². The van der Waals surface area contributed by atoms with E-state index >= 15 is 0 Å². The maximum Gasteiger partial charge on any atom is 0.303 e. The number of halogens is 1. The first-order valence-corrected chi connectivity index (χ1v) is 7.17. The third-order valence-corrected chi connectivity index (χ3v) is 6.62. The van der Waals surface area contributed by atoms with E-state index in [4.69, 9.17) is 4.74 Å². The molecule has 4 bridgehead atoms. The molecule has 4 fully saturated rings. The van der Waals surface area contributed by atoms with Crippen molar-refractivity contribution in [2.75, 3.05) is 0 Å². The average molecular weight is 320 g/mol. The first-order chi connectivity index (χ1) is 7.09. The van der Waals surface area contributed by atoms with E-state index in [1.807, 2.05) is 0 Å². The lowest BCUT2D eigenvalue weighted by Gasteiger charge is -2.58. The molecule has 0 aromatic rings. The third kappa shape index (κ3) is 1.53. The standard InChI is InChI=1S/C12H17IO2/c1-7(14)15-12-5-8-2-9(6-12)4-10(3-8)11(12)13/h8-11H,2-6H2,1H3. The maximum absolute atomic E-state index is 11.2. The zero-order valence-electron chi connectivity index (χ0n) is 9.04. The molecular weight excluding hydrogens is 303 g/mol. The largest absolute Gasteiger partial charge is 0.458 e. The highest BCUT2D eigenvalue weighted by molar-refractivity contribution is 14.1. The van der Waals surface area contributed by atoms with Crippen LogP contribution in [0.1, 0.15) is 39.0 Å². The second kappa shape index (κ2) is 3.34. The Morgan fingerprint density at radius 1 is 1.27 bits per heavy atom. The molecule has 0 aromatic heterocycles. The normalized spacial score (nSPS) is 51.9. The van der Waals surface area contributed by atoms with Crippen LogP contribution in [0.25, 0.3) is 0 Å². The van der Waals surface area contributed by atoms with Gasteiger partial charge >= 0.3 is 5.97 Å². The van der Waals surface area contributed by atoms with Crippen molar-refractivity contribution < 1.29 is 9.53 Å². The summed E-state index contributed by atoms with van der Waals surface area (Å²) < 4.78 is 6.28. The van der Waals surface area contributed by atoms with Crippen LogP contribution in [-0.2, 0) is 9.53 Å². The lowest BCUT2D eigenvalue weighted by Crippen LogP contribution is -2.59. The van der Waals surface area contributed by atoms with Crippen LogP contribution in [0.15, 0.2) is 0 Å². The molecular formula is C12H17IO2. The van der Waals surface area contributed by atoms with Crippen LogP contribution in [0.4, 0.5) is 0 Å². The quantitative estimate of drug-likeness (QED) is 0.422. The molecule has 15 heavy (non-hydrogen) atoms. The molecule has 0 aromatic carbocycles. The van der Waals surface area contributed by atoms with E-state index in [0.29, 0.717) is 3.92 Å². The summed E-state index contributed by atoms with van der Waals surface area (Å²) in [6.07, 6.45) is 6.42. The summed E-state index contributed by atoms with van der Waals surface area (Å²) in [7, 11) is 0. The highest BCUT2D eigenvalue weighted by Gasteiger charge is 2.58. The van der Waals surface area contributed by atoms with E-state index in [-0.39, 0.29) is 11.6 Å². The van der Waals surface area contributed by atoms with Crippen molar-refractivity contribution in [2.45, 2.75) is 48.6 Å². The van der Waals surface area contributed by atoms with Gasteiger partial charge in [-0.1, -0.05) is 22.6 Å². The first kappa shape index (κ1) is 10.4. The molecule has 4 rings (SSSR count). The van der Waals surface area contributed by atoms with E-state index in [9.17, 15) is 4.79 Å². The minimum atomic E-state index is -0.0846. The molecule has 3 heteroatoms. The SMILES string of the molecule is CC(=O)OC12CC3CC(CC(C3)C1I)C2. The summed E-state index contributed by atoms with van der Waals surface area (Å²) in [4.78, 5) is 11.2. The highest BCUT2D eigenvalue weighted by Crippen LogP contribution is 2.59. The second-order valence-corrected chi connectivity index (χ2v) is 7.01. The molecule has 3 atom stereocenters. The lowest BCUT2D eigenvalue weighted by molar-refractivity contribution is -0.179. The molecule has 0 spiro atoms. The van der Waals surface area contributed by atoms with Gasteiger partial charge in [0.2, 0.25) is 0 Å². The Balaban J connectivity index is 1.90. The predicted octanol–water partition coefficient (Wildman–Crippen LogP) is 2.93. The van der Waals surface area contributed by atoms with Crippen molar-refractivity contribution in [3.63, 3.8) is 0 Å². The van der Waals surface area contributed by atoms with Crippen molar-refractivity contribution in [3.05, 3.63) is 0 Å². The van der Waals surface area contributed by atoms with Gasteiger partial charge in [0, 0.05) is 6.92 Å². The van der Waals surface area contributed by atoms with Crippen molar-refractivity contribution in [1.29, 1.82) is 0 Å². The Hall–Kier alpha value is 0.200. The van der Waals surface area contributed by atoms with Crippen LogP contribution in [0.2, 0.25) is 0 Å². The summed E-state index contributed by atoms with van der Waals surface area (Å²) >= 11 is 2.54. The molecule has 4 saturated carbocycles. The fourth-order valence-electron chi connectivity index (χ4n) is 4.33. The van der Waals surface area contributed by atoms with Gasteiger partial charge in [-0.25, -0.2) is 0 Å². The van der Waals surface area contributed by atoms with Gasteiger partial charge in [0.1, 0.15) is 5.60 Å². The molecule has 4 aliphatic rings. The second-order valence-electron chi connectivity index (χ2n) is 5.67. The van der Waals surface area contributed by atoms with Gasteiger partial charge in [-0.3, -0.25) is 4.79 Å². The monoisotopic (exact) mass is 320 g/mol. The molecule has 0 amide bonds. The molecule has 0 radical (unpaired) electrons. The Kier molecular flexibility index (Phi) is 2.31. The number of carbonyl (C=O) groups excluding carboxylic acids is 1. The maximum atomic E-state index is 11.2. The lowest BCUT2D eigenvalue weighted by atomic mass is 9.54. The molecule has 4 aliphatic carbocycles. The van der Waals surface area contributed by atoms with E-state index in [0.717, 1.165) is 30.6 Å². The van der Waals surface area contributed by atoms with E-state index in [1.165, 1.54) is 19.3 Å². The topological polar surface area (TPSA) is 26.3 Å². The van der Waals surface area contributed by atoms with Gasteiger partial charge in [0.25, 0.3) is 0 Å². The summed E-state index contributed by atoms with van der Waals surface area (Å²) in [6, 6.07) is 0. The summed E-state index contributed by atoms with van der Waals surface area (Å²) in [5.74, 6) is 2.41. The zero-order valence-corrected chi connectivity index (χ0v) is 11.2. The number of carbonyl (C=O) groups is 1. The molecule has 3 unspecified atom stereocenters. The molecule has 0 saturated heterocycles. The Morgan fingerprint density at radius 2 is 1.87 bits per heavy atom. The van der Waals surface area contributed by atoms with Crippen molar-refractivity contribution in [1.82, 2.24) is 0 Å². The number of rotatable bonds is 1. The average Bonchev–Trinajstić information content (AvgIpc) is 2.11. The summed E-state index contributed by atoms with van der Waals surface area (Å²) in [6.45, 7) is 1.56. The van der Waals surface area contributed by atoms with Gasteiger partial charge in [-0.2, -0.15) is 0 Å². The third-order valence-electron chi connectivity index (χ3n) is 4.47. The highest BCUT2D eigenvalue weighted by atomic mass is 127. The Morgan fingerprint density at radius 3 is 2.40 bits per heavy atom. The van der Waals surface area contributed by atoms with Crippen LogP contribution in [-0.4, -0.2) is 15.5 Å². The first-order valence-electron chi connectivity index (χ1n) is 5.93. The van der Waals surface area contributed by atoms with E-state index < -0.39 is 0 Å². The zero-order chi connectivity index (χ0) is 10.6. The van der Waals surface area contributed by atoms with Crippen molar-refractivity contribution >= 4 is 28.6 Å². The molecule has 84 valence electrons. The van der Waals surface area contributed by atoms with Gasteiger partial charge in [-0.05, 0) is 49.9 Å². The fourth-order valence-corrected chi connectivity index (χ4v) is 5.55. The number of hydrogen-bond donors (Lipinski definition) is 0. The predicted molar refractivity (Wildman–Crippen MR) is 65.9 cm³/mol. The Bertz CT molecular complexity index is 288. The van der Waals surface area contributed by atoms with Crippen LogP contribution < -0.4 is 0 Å². The number of alkyl halides is 1. The minimum absolute atomic E-state index is 0.0822. The van der Waals surface area contributed by atoms with Crippen LogP contribution in [0.5, 0.6) is 0 Å². The van der Waals surface area contributed by atoms with Crippen molar-refractivity contribution in [2.24, 2.45) is 17.8 Å². The van der Waals surface area contributed by atoms with E-state index in [2.05, 4.69) is 22.6 Å². The van der Waals surface area contributed by atoms with Crippen LogP contribution in [0, 0.1) is 17.8 Å². The van der Waals surface area contributed by atoms with E-state index in [1.54, 1.807) is 6.92 Å². The molecule has 0 aliphatic heterocycles. The summed E-state index contributed by atoms with van der Waals surface area (Å²) in [5.41, 5.74) is -0.0822.